The third-order valence-corrected chi connectivity index (χ3v) is 4.44. The van der Waals surface area contributed by atoms with Gasteiger partial charge in [0.15, 0.2) is 17.6 Å². The van der Waals surface area contributed by atoms with Gasteiger partial charge in [-0.2, -0.15) is 0 Å². The first kappa shape index (κ1) is 22.6. The molecule has 2 aromatic carbocycles. The number of rotatable bonds is 9. The SMILES string of the molecule is CCOc1cc(CN[C@@H](C)c2ccc(F)cc2F)ccc1O[C@@H](C)C(=O)N(C)C. The van der Waals surface area contributed by atoms with Gasteiger partial charge in [0, 0.05) is 38.3 Å². The zero-order valence-corrected chi connectivity index (χ0v) is 17.5. The predicted molar refractivity (Wildman–Crippen MR) is 108 cm³/mol. The Balaban J connectivity index is 2.09. The monoisotopic (exact) mass is 406 g/mol. The van der Waals surface area contributed by atoms with Gasteiger partial charge in [0.1, 0.15) is 11.6 Å². The molecule has 2 rings (SSSR count). The summed E-state index contributed by atoms with van der Waals surface area (Å²) in [5.74, 6) is -0.309. The number of nitrogens with zero attached hydrogens (tertiary/aromatic N) is 1. The lowest BCUT2D eigenvalue weighted by molar-refractivity contribution is -0.135. The fourth-order valence-electron chi connectivity index (χ4n) is 2.87. The van der Waals surface area contributed by atoms with Crippen LogP contribution in [-0.2, 0) is 11.3 Å². The van der Waals surface area contributed by atoms with Crippen LogP contribution in [0.4, 0.5) is 8.78 Å². The number of ether oxygens (including phenoxy) is 2. The van der Waals surface area contributed by atoms with Gasteiger partial charge >= 0.3 is 0 Å². The molecule has 0 bridgehead atoms. The molecule has 0 radical (unpaired) electrons. The number of benzene rings is 2. The Kier molecular flexibility index (Phi) is 7.96. The second-order valence-electron chi connectivity index (χ2n) is 6.98. The first-order chi connectivity index (χ1) is 13.7. The van der Waals surface area contributed by atoms with Crippen molar-refractivity contribution in [3.8, 4) is 11.5 Å². The summed E-state index contributed by atoms with van der Waals surface area (Å²) < 4.78 is 38.5. The van der Waals surface area contributed by atoms with E-state index in [4.69, 9.17) is 9.47 Å². The minimum Gasteiger partial charge on any atom is -0.490 e. The lowest BCUT2D eigenvalue weighted by Gasteiger charge is -2.21. The van der Waals surface area contributed by atoms with Gasteiger partial charge in [0.25, 0.3) is 5.91 Å². The van der Waals surface area contributed by atoms with E-state index in [1.165, 1.54) is 17.0 Å². The molecule has 1 N–H and O–H groups in total. The summed E-state index contributed by atoms with van der Waals surface area (Å²) >= 11 is 0. The van der Waals surface area contributed by atoms with Crippen molar-refractivity contribution in [1.29, 1.82) is 0 Å². The molecule has 158 valence electrons. The van der Waals surface area contributed by atoms with Gasteiger partial charge in [0.05, 0.1) is 6.61 Å². The van der Waals surface area contributed by atoms with Gasteiger partial charge in [-0.1, -0.05) is 12.1 Å². The minimum atomic E-state index is -0.644. The molecular weight excluding hydrogens is 378 g/mol. The number of carbonyl (C=O) groups is 1. The predicted octanol–water partition coefficient (Wildman–Crippen LogP) is 4.07. The molecule has 0 aromatic heterocycles. The number of halogens is 2. The lowest BCUT2D eigenvalue weighted by Crippen LogP contribution is -2.35. The van der Waals surface area contributed by atoms with Crippen LogP contribution in [-0.4, -0.2) is 37.6 Å². The van der Waals surface area contributed by atoms with Crippen LogP contribution in [0.1, 0.15) is 37.9 Å². The third-order valence-electron chi connectivity index (χ3n) is 4.44. The van der Waals surface area contributed by atoms with Crippen LogP contribution < -0.4 is 14.8 Å². The molecule has 0 aliphatic rings. The fraction of sp³-hybridized carbons (Fsp3) is 0.409. The molecule has 5 nitrogen and oxygen atoms in total. The van der Waals surface area contributed by atoms with Gasteiger partial charge < -0.3 is 19.7 Å². The maximum atomic E-state index is 13.9. The first-order valence-corrected chi connectivity index (χ1v) is 9.54. The minimum absolute atomic E-state index is 0.145. The van der Waals surface area contributed by atoms with Crippen molar-refractivity contribution in [2.24, 2.45) is 0 Å². The fourth-order valence-corrected chi connectivity index (χ4v) is 2.87. The van der Waals surface area contributed by atoms with Crippen molar-refractivity contribution >= 4 is 5.91 Å². The average molecular weight is 406 g/mol. The van der Waals surface area contributed by atoms with Crippen LogP contribution in [0, 0.1) is 11.6 Å². The van der Waals surface area contributed by atoms with Crippen molar-refractivity contribution in [1.82, 2.24) is 10.2 Å². The summed E-state index contributed by atoms with van der Waals surface area (Å²) in [6.45, 7) is 6.26. The smallest absolute Gasteiger partial charge is 0.262 e. The van der Waals surface area contributed by atoms with Crippen LogP contribution in [0.25, 0.3) is 0 Å². The summed E-state index contributed by atoms with van der Waals surface area (Å²) in [5.41, 5.74) is 1.30. The Bertz CT molecular complexity index is 843. The summed E-state index contributed by atoms with van der Waals surface area (Å²) in [7, 11) is 3.34. The molecule has 0 aliphatic carbocycles. The number of hydrogen-bond donors (Lipinski definition) is 1. The van der Waals surface area contributed by atoms with Gasteiger partial charge in [-0.05, 0) is 44.5 Å². The van der Waals surface area contributed by atoms with Crippen molar-refractivity contribution in [2.75, 3.05) is 20.7 Å². The zero-order chi connectivity index (χ0) is 21.6. The highest BCUT2D eigenvalue weighted by Crippen LogP contribution is 2.30. The lowest BCUT2D eigenvalue weighted by atomic mass is 10.1. The molecule has 1 amide bonds. The van der Waals surface area contributed by atoms with E-state index in [0.717, 1.165) is 11.6 Å². The molecule has 0 spiro atoms. The quantitative estimate of drug-likeness (QED) is 0.682. The van der Waals surface area contributed by atoms with Gasteiger partial charge in [-0.15, -0.1) is 0 Å². The van der Waals surface area contributed by atoms with Crippen LogP contribution >= 0.6 is 0 Å². The molecule has 0 saturated carbocycles. The topological polar surface area (TPSA) is 50.8 Å². The molecule has 2 atom stereocenters. The van der Waals surface area contributed by atoms with Gasteiger partial charge in [-0.25, -0.2) is 8.78 Å². The average Bonchev–Trinajstić information content (AvgIpc) is 2.67. The van der Waals surface area contributed by atoms with Crippen LogP contribution in [0.3, 0.4) is 0 Å². The Labute approximate surface area is 170 Å². The molecule has 2 aromatic rings. The van der Waals surface area contributed by atoms with E-state index in [1.54, 1.807) is 27.1 Å². The van der Waals surface area contributed by atoms with E-state index >= 15 is 0 Å². The Morgan fingerprint density at radius 2 is 1.83 bits per heavy atom. The number of amides is 1. The highest BCUT2D eigenvalue weighted by atomic mass is 19.1. The van der Waals surface area contributed by atoms with Crippen LogP contribution in [0.5, 0.6) is 11.5 Å². The molecule has 0 fully saturated rings. The van der Waals surface area contributed by atoms with E-state index in [9.17, 15) is 13.6 Å². The van der Waals surface area contributed by atoms with E-state index in [0.29, 0.717) is 30.2 Å². The number of carbonyl (C=O) groups excluding carboxylic acids is 1. The molecule has 29 heavy (non-hydrogen) atoms. The van der Waals surface area contributed by atoms with E-state index < -0.39 is 17.7 Å². The van der Waals surface area contributed by atoms with Crippen molar-refractivity contribution in [3.05, 3.63) is 59.2 Å². The molecule has 7 heteroatoms. The number of nitrogens with one attached hydrogen (secondary N) is 1. The van der Waals surface area contributed by atoms with Crippen molar-refractivity contribution < 1.29 is 23.0 Å². The third kappa shape index (κ3) is 6.15. The molecule has 0 unspecified atom stereocenters. The summed E-state index contributed by atoms with van der Waals surface area (Å²) in [4.78, 5) is 13.5. The maximum Gasteiger partial charge on any atom is 0.262 e. The van der Waals surface area contributed by atoms with E-state index in [-0.39, 0.29) is 11.9 Å². The van der Waals surface area contributed by atoms with E-state index in [2.05, 4.69) is 5.32 Å². The molecule has 0 heterocycles. The van der Waals surface area contributed by atoms with Crippen molar-refractivity contribution in [3.63, 3.8) is 0 Å². The summed E-state index contributed by atoms with van der Waals surface area (Å²) in [6, 6.07) is 8.69. The Hall–Kier alpha value is -2.67. The second kappa shape index (κ2) is 10.2. The normalized spacial score (nSPS) is 12.9. The Morgan fingerprint density at radius 1 is 1.10 bits per heavy atom. The van der Waals surface area contributed by atoms with E-state index in [1.807, 2.05) is 26.0 Å². The standard InChI is InChI=1S/C22H28F2N2O3/c1-6-28-21-11-16(7-10-20(21)29-15(3)22(27)26(4)5)13-25-14(2)18-9-8-17(23)12-19(18)24/h7-12,14-15,25H,6,13H2,1-5H3/t14-,15-/m0/s1. The summed E-state index contributed by atoms with van der Waals surface area (Å²) in [6.07, 6.45) is -0.644. The second-order valence-corrected chi connectivity index (χ2v) is 6.98. The first-order valence-electron chi connectivity index (χ1n) is 9.54. The van der Waals surface area contributed by atoms with Crippen LogP contribution in [0.15, 0.2) is 36.4 Å². The highest BCUT2D eigenvalue weighted by molar-refractivity contribution is 5.80. The van der Waals surface area contributed by atoms with Crippen molar-refractivity contribution in [2.45, 2.75) is 39.5 Å². The number of hydrogen-bond acceptors (Lipinski definition) is 4. The van der Waals surface area contributed by atoms with Gasteiger partial charge in [-0.3, -0.25) is 4.79 Å². The molecule has 0 saturated heterocycles. The van der Waals surface area contributed by atoms with Gasteiger partial charge in [0.2, 0.25) is 0 Å². The number of likely N-dealkylation sites (N-methyl/N-ethyl adjacent to an activating group) is 1. The molecule has 0 aliphatic heterocycles. The van der Waals surface area contributed by atoms with Crippen LogP contribution in [0.2, 0.25) is 0 Å². The largest absolute Gasteiger partial charge is 0.490 e. The Morgan fingerprint density at radius 3 is 2.45 bits per heavy atom. The zero-order valence-electron chi connectivity index (χ0n) is 17.5. The molecular formula is C22H28F2N2O3. The maximum absolute atomic E-state index is 13.9. The summed E-state index contributed by atoms with van der Waals surface area (Å²) in [5, 5.41) is 3.22. The highest BCUT2D eigenvalue weighted by Gasteiger charge is 2.19.